The molecule has 0 saturated heterocycles. The number of anilines is 1. The Morgan fingerprint density at radius 1 is 1.30 bits per heavy atom. The number of esters is 1. The lowest BCUT2D eigenvalue weighted by Crippen LogP contribution is -2.12. The van der Waals surface area contributed by atoms with E-state index in [1.807, 2.05) is 6.92 Å². The number of aromatic hydroxyl groups is 1. The first-order valence-corrected chi connectivity index (χ1v) is 9.12. The number of methoxy groups -OCH3 is 1. The van der Waals surface area contributed by atoms with Gasteiger partial charge in [0.2, 0.25) is 5.91 Å². The Bertz CT molecular complexity index is 882. The zero-order chi connectivity index (χ0) is 19.8. The van der Waals surface area contributed by atoms with E-state index in [9.17, 15) is 14.7 Å². The van der Waals surface area contributed by atoms with E-state index in [0.29, 0.717) is 16.3 Å². The van der Waals surface area contributed by atoms with Crippen LogP contribution in [-0.2, 0) is 9.53 Å². The average Bonchev–Trinajstić information content (AvgIpc) is 3.01. The molecule has 0 atom stereocenters. The number of aryl methyl sites for hydroxylation is 1. The second-order valence-electron chi connectivity index (χ2n) is 5.48. The van der Waals surface area contributed by atoms with Gasteiger partial charge in [-0.25, -0.2) is 4.79 Å². The van der Waals surface area contributed by atoms with Gasteiger partial charge in [0.05, 0.1) is 19.4 Å². The molecule has 1 aromatic carbocycles. The van der Waals surface area contributed by atoms with Crippen molar-refractivity contribution in [2.75, 3.05) is 19.0 Å². The first kappa shape index (κ1) is 20.3. The van der Waals surface area contributed by atoms with Gasteiger partial charge in [0.1, 0.15) is 4.88 Å². The molecule has 2 N–H and O–H groups in total. The van der Waals surface area contributed by atoms with Crippen molar-refractivity contribution in [3.8, 4) is 11.5 Å². The molecule has 0 radical (unpaired) electrons. The number of allylic oxidation sites excluding steroid dienone is 2. The van der Waals surface area contributed by atoms with Crippen LogP contribution in [0.1, 0.15) is 27.7 Å². The Kier molecular flexibility index (Phi) is 7.19. The summed E-state index contributed by atoms with van der Waals surface area (Å²) in [7, 11) is 1.48. The van der Waals surface area contributed by atoms with E-state index < -0.39 is 5.97 Å². The molecule has 2 rings (SSSR count). The highest BCUT2D eigenvalue weighted by Crippen LogP contribution is 2.28. The number of carbonyl (C=O) groups is 2. The number of nitrogens with one attached hydrogen (secondary N) is 1. The summed E-state index contributed by atoms with van der Waals surface area (Å²) in [6.07, 6.45) is 6.41. The maximum atomic E-state index is 12.1. The third-order valence-electron chi connectivity index (χ3n) is 3.54. The number of hydrogen-bond donors (Lipinski definition) is 2. The Labute approximate surface area is 161 Å². The zero-order valence-corrected chi connectivity index (χ0v) is 16.1. The lowest BCUT2D eigenvalue weighted by atomic mass is 10.2. The van der Waals surface area contributed by atoms with E-state index in [1.165, 1.54) is 30.6 Å². The molecule has 0 bridgehead atoms. The molecule has 0 aliphatic carbocycles. The van der Waals surface area contributed by atoms with Crippen molar-refractivity contribution in [2.45, 2.75) is 13.8 Å². The van der Waals surface area contributed by atoms with Gasteiger partial charge in [-0.1, -0.05) is 24.3 Å². The zero-order valence-electron chi connectivity index (χ0n) is 15.3. The number of phenolic OH excluding ortho intramolecular Hbond substituents is 1. The van der Waals surface area contributed by atoms with Crippen molar-refractivity contribution in [3.63, 3.8) is 0 Å². The van der Waals surface area contributed by atoms with Crippen LogP contribution in [0.15, 0.2) is 41.8 Å². The second kappa shape index (κ2) is 9.59. The molecule has 0 fully saturated rings. The molecule has 1 amide bonds. The van der Waals surface area contributed by atoms with E-state index in [2.05, 4.69) is 5.32 Å². The summed E-state index contributed by atoms with van der Waals surface area (Å²) in [6.45, 7) is 3.82. The van der Waals surface area contributed by atoms with Crippen LogP contribution >= 0.6 is 11.3 Å². The van der Waals surface area contributed by atoms with E-state index in [-0.39, 0.29) is 18.3 Å². The van der Waals surface area contributed by atoms with Crippen molar-refractivity contribution in [3.05, 3.63) is 57.8 Å². The lowest BCUT2D eigenvalue weighted by molar-refractivity contribution is -0.111. The van der Waals surface area contributed by atoms with Crippen LogP contribution in [0.25, 0.3) is 6.08 Å². The highest BCUT2D eigenvalue weighted by Gasteiger charge is 2.18. The van der Waals surface area contributed by atoms with Gasteiger partial charge in [-0.15, -0.1) is 11.3 Å². The summed E-state index contributed by atoms with van der Waals surface area (Å²) in [5.74, 6) is -0.363. The minimum atomic E-state index is -0.448. The second-order valence-corrected chi connectivity index (χ2v) is 6.36. The number of carbonyl (C=O) groups excluding carboxylic acids is 2. The molecule has 1 heterocycles. The Balaban J connectivity index is 2.02. The number of ether oxygens (including phenoxy) is 2. The molecular formula is C20H21NO5S. The molecule has 1 aromatic heterocycles. The summed E-state index contributed by atoms with van der Waals surface area (Å²) >= 11 is 1.24. The monoisotopic (exact) mass is 387 g/mol. The van der Waals surface area contributed by atoms with Gasteiger partial charge in [0.15, 0.2) is 11.5 Å². The average molecular weight is 387 g/mol. The SMILES string of the molecule is CCOC(=O)c1scc(C)c1NC(=O)/C=C/C=C/c1ccc(O)c(OC)c1. The van der Waals surface area contributed by atoms with Crippen LogP contribution < -0.4 is 10.1 Å². The number of benzene rings is 1. The summed E-state index contributed by atoms with van der Waals surface area (Å²) in [5.41, 5.74) is 2.09. The molecule has 0 saturated carbocycles. The molecule has 27 heavy (non-hydrogen) atoms. The molecule has 2 aromatic rings. The Morgan fingerprint density at radius 3 is 2.78 bits per heavy atom. The molecule has 0 aliphatic heterocycles. The van der Waals surface area contributed by atoms with Crippen molar-refractivity contribution < 1.29 is 24.2 Å². The van der Waals surface area contributed by atoms with Gasteiger partial charge >= 0.3 is 5.97 Å². The number of thiophene rings is 1. The van der Waals surface area contributed by atoms with Crippen molar-refractivity contribution >= 4 is 35.0 Å². The van der Waals surface area contributed by atoms with Crippen molar-refractivity contribution in [2.24, 2.45) is 0 Å². The van der Waals surface area contributed by atoms with Crippen LogP contribution in [0, 0.1) is 6.92 Å². The van der Waals surface area contributed by atoms with Crippen LogP contribution in [0.2, 0.25) is 0 Å². The quantitative estimate of drug-likeness (QED) is 0.423. The molecule has 0 unspecified atom stereocenters. The van der Waals surface area contributed by atoms with Crippen molar-refractivity contribution in [1.82, 2.24) is 0 Å². The molecule has 0 aliphatic rings. The van der Waals surface area contributed by atoms with Crippen molar-refractivity contribution in [1.29, 1.82) is 0 Å². The maximum absolute atomic E-state index is 12.1. The largest absolute Gasteiger partial charge is 0.504 e. The minimum absolute atomic E-state index is 0.0631. The predicted octanol–water partition coefficient (Wildman–Crippen LogP) is 4.16. The fourth-order valence-electron chi connectivity index (χ4n) is 2.22. The van der Waals surface area contributed by atoms with Gasteiger partial charge in [-0.05, 0) is 42.5 Å². The summed E-state index contributed by atoms with van der Waals surface area (Å²) < 4.78 is 10.0. The Hall–Kier alpha value is -3.06. The number of rotatable bonds is 7. The summed E-state index contributed by atoms with van der Waals surface area (Å²) in [5, 5.41) is 14.1. The lowest BCUT2D eigenvalue weighted by Gasteiger charge is -2.05. The smallest absolute Gasteiger partial charge is 0.350 e. The topological polar surface area (TPSA) is 84.9 Å². The van der Waals surface area contributed by atoms with E-state index in [1.54, 1.807) is 42.7 Å². The summed E-state index contributed by atoms with van der Waals surface area (Å²) in [6, 6.07) is 4.94. The number of phenols is 1. The number of amides is 1. The van der Waals surface area contributed by atoms with Gasteiger partial charge < -0.3 is 19.9 Å². The molecular weight excluding hydrogens is 366 g/mol. The molecule has 142 valence electrons. The predicted molar refractivity (Wildman–Crippen MR) is 106 cm³/mol. The Morgan fingerprint density at radius 2 is 2.07 bits per heavy atom. The highest BCUT2D eigenvalue weighted by molar-refractivity contribution is 7.12. The van der Waals surface area contributed by atoms with Crippen LogP contribution in [0.3, 0.4) is 0 Å². The van der Waals surface area contributed by atoms with Gasteiger partial charge in [0, 0.05) is 6.08 Å². The van der Waals surface area contributed by atoms with Crippen LogP contribution in [0.4, 0.5) is 5.69 Å². The highest BCUT2D eigenvalue weighted by atomic mass is 32.1. The minimum Gasteiger partial charge on any atom is -0.504 e. The van der Waals surface area contributed by atoms with Crippen LogP contribution in [0.5, 0.6) is 11.5 Å². The third-order valence-corrected chi connectivity index (χ3v) is 4.61. The van der Waals surface area contributed by atoms with Gasteiger partial charge in [-0.2, -0.15) is 0 Å². The fraction of sp³-hybridized carbons (Fsp3) is 0.200. The van der Waals surface area contributed by atoms with E-state index >= 15 is 0 Å². The molecule has 6 nitrogen and oxygen atoms in total. The van der Waals surface area contributed by atoms with E-state index in [4.69, 9.17) is 9.47 Å². The van der Waals surface area contributed by atoms with Crippen LogP contribution in [-0.4, -0.2) is 30.7 Å². The van der Waals surface area contributed by atoms with Gasteiger partial charge in [0.25, 0.3) is 0 Å². The van der Waals surface area contributed by atoms with E-state index in [0.717, 1.165) is 11.1 Å². The third kappa shape index (κ3) is 5.46. The molecule has 7 heteroatoms. The first-order valence-electron chi connectivity index (χ1n) is 8.24. The number of hydrogen-bond acceptors (Lipinski definition) is 6. The standard InChI is InChI=1S/C20H21NO5S/c1-4-26-20(24)19-18(13(2)12-27-19)21-17(23)8-6-5-7-14-9-10-15(22)16(11-14)25-3/h5-12,22H,4H2,1-3H3,(H,21,23)/b7-5+,8-6+. The molecule has 0 spiro atoms. The summed E-state index contributed by atoms with van der Waals surface area (Å²) in [4.78, 5) is 24.4. The van der Waals surface area contributed by atoms with Gasteiger partial charge in [-0.3, -0.25) is 4.79 Å². The first-order chi connectivity index (χ1) is 13.0. The maximum Gasteiger partial charge on any atom is 0.350 e. The fourth-order valence-corrected chi connectivity index (χ4v) is 3.12. The normalized spacial score (nSPS) is 11.1.